The molecule has 0 amide bonds. The number of rotatable bonds is 6. The van der Waals surface area contributed by atoms with Gasteiger partial charge < -0.3 is 4.74 Å². The number of ether oxygens (including phenoxy) is 1. The quantitative estimate of drug-likeness (QED) is 0.614. The molecule has 0 fully saturated rings. The lowest BCUT2D eigenvalue weighted by Crippen LogP contribution is -2.23. The third kappa shape index (κ3) is 6.93. The molecule has 0 heterocycles. The first-order valence-corrected chi connectivity index (χ1v) is 5.53. The monoisotopic (exact) mass is 200 g/mol. The maximum absolute atomic E-state index is 11.2. The molecule has 0 aromatic carbocycles. The van der Waals surface area contributed by atoms with Crippen molar-refractivity contribution in [3.8, 4) is 0 Å². The summed E-state index contributed by atoms with van der Waals surface area (Å²) >= 11 is 0. The maximum Gasteiger partial charge on any atom is 0.305 e. The molecule has 2 nitrogen and oxygen atoms in total. The van der Waals surface area contributed by atoms with Gasteiger partial charge >= 0.3 is 5.97 Å². The lowest BCUT2D eigenvalue weighted by Gasteiger charge is -2.26. The van der Waals surface area contributed by atoms with Crippen molar-refractivity contribution in [1.29, 1.82) is 0 Å². The van der Waals surface area contributed by atoms with Crippen molar-refractivity contribution in [3.63, 3.8) is 0 Å². The Morgan fingerprint density at radius 1 is 1.36 bits per heavy atom. The fraction of sp³-hybridized carbons (Fsp3) is 0.917. The van der Waals surface area contributed by atoms with E-state index in [1.165, 1.54) is 0 Å². The van der Waals surface area contributed by atoms with Crippen LogP contribution in [-0.2, 0) is 9.53 Å². The molecule has 0 aliphatic rings. The van der Waals surface area contributed by atoms with Crippen molar-refractivity contribution in [1.82, 2.24) is 0 Å². The SMILES string of the molecule is CCCC(=O)OCC(C)(C)CC(C)C. The number of carbonyl (C=O) groups excluding carboxylic acids is 1. The summed E-state index contributed by atoms with van der Waals surface area (Å²) in [6, 6.07) is 0. The Hall–Kier alpha value is -0.530. The van der Waals surface area contributed by atoms with Gasteiger partial charge in [-0.15, -0.1) is 0 Å². The van der Waals surface area contributed by atoms with Crippen LogP contribution in [0, 0.1) is 11.3 Å². The first-order chi connectivity index (χ1) is 6.37. The predicted molar refractivity (Wildman–Crippen MR) is 59.1 cm³/mol. The largest absolute Gasteiger partial charge is 0.465 e. The lowest BCUT2D eigenvalue weighted by molar-refractivity contribution is -0.147. The van der Waals surface area contributed by atoms with E-state index in [0.717, 1.165) is 12.8 Å². The van der Waals surface area contributed by atoms with Crippen molar-refractivity contribution in [2.24, 2.45) is 11.3 Å². The van der Waals surface area contributed by atoms with Gasteiger partial charge in [-0.25, -0.2) is 0 Å². The van der Waals surface area contributed by atoms with E-state index in [9.17, 15) is 4.79 Å². The molecule has 0 saturated heterocycles. The van der Waals surface area contributed by atoms with Crippen LogP contribution >= 0.6 is 0 Å². The smallest absolute Gasteiger partial charge is 0.305 e. The minimum absolute atomic E-state index is 0.0654. The van der Waals surface area contributed by atoms with E-state index in [0.29, 0.717) is 18.9 Å². The zero-order valence-electron chi connectivity index (χ0n) is 10.2. The highest BCUT2D eigenvalue weighted by atomic mass is 16.5. The number of hydrogen-bond acceptors (Lipinski definition) is 2. The highest BCUT2D eigenvalue weighted by Crippen LogP contribution is 2.25. The first-order valence-electron chi connectivity index (χ1n) is 5.53. The van der Waals surface area contributed by atoms with Crippen LogP contribution in [0.2, 0.25) is 0 Å². The Morgan fingerprint density at radius 2 is 1.93 bits per heavy atom. The van der Waals surface area contributed by atoms with Crippen molar-refractivity contribution in [3.05, 3.63) is 0 Å². The maximum atomic E-state index is 11.2. The van der Waals surface area contributed by atoms with Gasteiger partial charge in [-0.3, -0.25) is 4.79 Å². The van der Waals surface area contributed by atoms with Crippen molar-refractivity contribution >= 4 is 5.97 Å². The molecule has 2 heteroatoms. The molecular weight excluding hydrogens is 176 g/mol. The summed E-state index contributed by atoms with van der Waals surface area (Å²) in [4.78, 5) is 11.2. The molecule has 0 unspecified atom stereocenters. The van der Waals surface area contributed by atoms with E-state index in [1.54, 1.807) is 0 Å². The molecule has 0 aromatic rings. The Balaban J connectivity index is 3.80. The molecule has 0 spiro atoms. The van der Waals surface area contributed by atoms with Crippen molar-refractivity contribution < 1.29 is 9.53 Å². The summed E-state index contributed by atoms with van der Waals surface area (Å²) in [5.41, 5.74) is 0.109. The van der Waals surface area contributed by atoms with E-state index < -0.39 is 0 Å². The Morgan fingerprint density at radius 3 is 2.36 bits per heavy atom. The van der Waals surface area contributed by atoms with Gasteiger partial charge in [0.05, 0.1) is 6.61 Å². The minimum Gasteiger partial charge on any atom is -0.465 e. The predicted octanol–water partition coefficient (Wildman–Crippen LogP) is 3.40. The fourth-order valence-corrected chi connectivity index (χ4v) is 1.72. The van der Waals surface area contributed by atoms with Gasteiger partial charge in [-0.05, 0) is 24.2 Å². The fourth-order valence-electron chi connectivity index (χ4n) is 1.72. The van der Waals surface area contributed by atoms with Crippen LogP contribution in [0.1, 0.15) is 53.9 Å². The molecule has 0 atom stereocenters. The molecule has 0 aliphatic heterocycles. The molecular formula is C12H24O2. The summed E-state index contributed by atoms with van der Waals surface area (Å²) in [5.74, 6) is 0.583. The van der Waals surface area contributed by atoms with Crippen LogP contribution < -0.4 is 0 Å². The second kappa shape index (κ2) is 6.05. The van der Waals surface area contributed by atoms with E-state index in [4.69, 9.17) is 4.74 Å². The Kier molecular flexibility index (Phi) is 5.82. The molecule has 0 radical (unpaired) electrons. The summed E-state index contributed by atoms with van der Waals surface area (Å²) < 4.78 is 5.21. The van der Waals surface area contributed by atoms with Crippen LogP contribution in [0.25, 0.3) is 0 Å². The van der Waals surface area contributed by atoms with Gasteiger partial charge in [-0.1, -0.05) is 34.6 Å². The Bertz CT molecular complexity index is 171. The third-order valence-corrected chi connectivity index (χ3v) is 2.04. The van der Waals surface area contributed by atoms with Crippen LogP contribution in [0.5, 0.6) is 0 Å². The van der Waals surface area contributed by atoms with Gasteiger partial charge in [0.25, 0.3) is 0 Å². The van der Waals surface area contributed by atoms with Gasteiger partial charge in [0.2, 0.25) is 0 Å². The van der Waals surface area contributed by atoms with E-state index in [-0.39, 0.29) is 11.4 Å². The standard InChI is InChI=1S/C12H24O2/c1-6-7-11(13)14-9-12(4,5)8-10(2)3/h10H,6-9H2,1-5H3. The molecule has 0 aliphatic carbocycles. The summed E-state index contributed by atoms with van der Waals surface area (Å²) in [7, 11) is 0. The third-order valence-electron chi connectivity index (χ3n) is 2.04. The van der Waals surface area contributed by atoms with Gasteiger partial charge in [0, 0.05) is 6.42 Å². The zero-order valence-corrected chi connectivity index (χ0v) is 10.2. The molecule has 0 N–H and O–H groups in total. The molecule has 0 aromatic heterocycles. The number of esters is 1. The zero-order chi connectivity index (χ0) is 11.2. The van der Waals surface area contributed by atoms with Crippen LogP contribution in [0.4, 0.5) is 0 Å². The summed E-state index contributed by atoms with van der Waals surface area (Å²) in [5, 5.41) is 0. The second-order valence-electron chi connectivity index (χ2n) is 5.17. The lowest BCUT2D eigenvalue weighted by atomic mass is 9.85. The molecule has 0 bridgehead atoms. The average Bonchev–Trinajstić information content (AvgIpc) is 1.99. The van der Waals surface area contributed by atoms with E-state index >= 15 is 0 Å². The number of carbonyl (C=O) groups is 1. The molecule has 14 heavy (non-hydrogen) atoms. The first kappa shape index (κ1) is 13.5. The van der Waals surface area contributed by atoms with Gasteiger partial charge in [-0.2, -0.15) is 0 Å². The minimum atomic E-state index is -0.0654. The summed E-state index contributed by atoms with van der Waals surface area (Å²) in [6.45, 7) is 11.2. The van der Waals surface area contributed by atoms with Crippen molar-refractivity contribution in [2.75, 3.05) is 6.61 Å². The summed E-state index contributed by atoms with van der Waals surface area (Å²) in [6.07, 6.45) is 2.49. The van der Waals surface area contributed by atoms with Crippen molar-refractivity contribution in [2.45, 2.75) is 53.9 Å². The van der Waals surface area contributed by atoms with E-state index in [2.05, 4.69) is 27.7 Å². The molecule has 0 saturated carbocycles. The average molecular weight is 200 g/mol. The number of hydrogen-bond donors (Lipinski definition) is 0. The molecule has 84 valence electrons. The second-order valence-corrected chi connectivity index (χ2v) is 5.17. The Labute approximate surface area is 88.0 Å². The van der Waals surface area contributed by atoms with Crippen LogP contribution in [0.15, 0.2) is 0 Å². The van der Waals surface area contributed by atoms with E-state index in [1.807, 2.05) is 6.92 Å². The van der Waals surface area contributed by atoms with Gasteiger partial charge in [0.1, 0.15) is 0 Å². The highest BCUT2D eigenvalue weighted by molar-refractivity contribution is 5.69. The highest BCUT2D eigenvalue weighted by Gasteiger charge is 2.21. The topological polar surface area (TPSA) is 26.3 Å². The van der Waals surface area contributed by atoms with Crippen LogP contribution in [0.3, 0.4) is 0 Å². The van der Waals surface area contributed by atoms with Crippen LogP contribution in [-0.4, -0.2) is 12.6 Å². The van der Waals surface area contributed by atoms with Gasteiger partial charge in [0.15, 0.2) is 0 Å². The normalized spacial score (nSPS) is 11.9. The molecule has 0 rings (SSSR count).